The van der Waals surface area contributed by atoms with Gasteiger partial charge in [0, 0.05) is 23.0 Å². The van der Waals surface area contributed by atoms with Crippen molar-refractivity contribution in [3.63, 3.8) is 0 Å². The van der Waals surface area contributed by atoms with Gasteiger partial charge in [-0.15, -0.1) is 22.0 Å². The van der Waals surface area contributed by atoms with E-state index in [0.29, 0.717) is 0 Å². The van der Waals surface area contributed by atoms with Crippen molar-refractivity contribution < 1.29 is 0 Å². The summed E-state index contributed by atoms with van der Waals surface area (Å²) >= 11 is 5.33. The Morgan fingerprint density at radius 1 is 1.00 bits per heavy atom. The number of nitrogens with zero attached hydrogens (tertiary/aromatic N) is 3. The van der Waals surface area contributed by atoms with Crippen LogP contribution in [0.1, 0.15) is 31.7 Å². The summed E-state index contributed by atoms with van der Waals surface area (Å²) in [5.74, 6) is 2.35. The molecule has 0 unspecified atom stereocenters. The summed E-state index contributed by atoms with van der Waals surface area (Å²) in [7, 11) is 0. The van der Waals surface area contributed by atoms with Gasteiger partial charge in [-0.2, -0.15) is 0 Å². The average Bonchev–Trinajstić information content (AvgIpc) is 2.90. The Morgan fingerprint density at radius 3 is 2.20 bits per heavy atom. The third-order valence-corrected chi connectivity index (χ3v) is 5.46. The fourth-order valence-corrected chi connectivity index (χ4v) is 3.68. The van der Waals surface area contributed by atoms with E-state index in [4.69, 9.17) is 0 Å². The van der Waals surface area contributed by atoms with Crippen LogP contribution in [-0.4, -0.2) is 26.7 Å². The summed E-state index contributed by atoms with van der Waals surface area (Å²) in [5, 5.41) is 8.96. The predicted octanol–water partition coefficient (Wildman–Crippen LogP) is 4.93. The molecule has 0 saturated heterocycles. The van der Waals surface area contributed by atoms with Gasteiger partial charge in [0.2, 0.25) is 0 Å². The van der Waals surface area contributed by atoms with Crippen molar-refractivity contribution in [2.75, 3.05) is 11.5 Å². The SMILES string of the molecule is CCCSc1ccncc1.CCCSc1nnc(C)s1. The van der Waals surface area contributed by atoms with Crippen LogP contribution in [0.2, 0.25) is 0 Å². The Morgan fingerprint density at radius 2 is 1.65 bits per heavy atom. The molecule has 0 amide bonds. The maximum Gasteiger partial charge on any atom is 0.174 e. The highest BCUT2D eigenvalue weighted by atomic mass is 32.2. The molecule has 0 aliphatic rings. The molecule has 6 heteroatoms. The molecule has 3 nitrogen and oxygen atoms in total. The Hall–Kier alpha value is -0.590. The van der Waals surface area contributed by atoms with Gasteiger partial charge in [0.25, 0.3) is 0 Å². The monoisotopic (exact) mass is 327 g/mol. The lowest BCUT2D eigenvalue weighted by atomic mass is 10.5. The van der Waals surface area contributed by atoms with Crippen LogP contribution < -0.4 is 0 Å². The molecule has 0 atom stereocenters. The average molecular weight is 328 g/mol. The van der Waals surface area contributed by atoms with E-state index < -0.39 is 0 Å². The fourth-order valence-electron chi connectivity index (χ4n) is 1.18. The third-order valence-electron chi connectivity index (χ3n) is 2.06. The summed E-state index contributed by atoms with van der Waals surface area (Å²) in [6, 6.07) is 4.08. The number of hydrogen-bond acceptors (Lipinski definition) is 6. The third kappa shape index (κ3) is 7.87. The summed E-state index contributed by atoms with van der Waals surface area (Å²) in [4.78, 5) is 5.26. The van der Waals surface area contributed by atoms with Crippen molar-refractivity contribution in [2.45, 2.75) is 42.8 Å². The van der Waals surface area contributed by atoms with Gasteiger partial charge in [-0.1, -0.05) is 36.9 Å². The van der Waals surface area contributed by atoms with Crippen LogP contribution in [0.3, 0.4) is 0 Å². The van der Waals surface area contributed by atoms with E-state index in [2.05, 4.69) is 29.0 Å². The molecule has 0 radical (unpaired) electrons. The minimum atomic E-state index is 1.05. The number of thioether (sulfide) groups is 2. The lowest BCUT2D eigenvalue weighted by Crippen LogP contribution is -1.75. The van der Waals surface area contributed by atoms with Crippen molar-refractivity contribution in [1.82, 2.24) is 15.2 Å². The molecule has 2 aromatic heterocycles. The zero-order chi connectivity index (χ0) is 14.6. The molecule has 110 valence electrons. The van der Waals surface area contributed by atoms with Crippen LogP contribution in [0.15, 0.2) is 33.8 Å². The molecule has 2 aromatic rings. The quantitative estimate of drug-likeness (QED) is 0.703. The molecule has 0 aromatic carbocycles. The Kier molecular flexibility index (Phi) is 9.70. The van der Waals surface area contributed by atoms with Crippen LogP contribution in [0.25, 0.3) is 0 Å². The topological polar surface area (TPSA) is 38.7 Å². The van der Waals surface area contributed by atoms with Gasteiger partial charge in [-0.25, -0.2) is 0 Å². The lowest BCUT2D eigenvalue weighted by molar-refractivity contribution is 0.981. The summed E-state index contributed by atoms with van der Waals surface area (Å²) < 4.78 is 1.10. The zero-order valence-corrected chi connectivity index (χ0v) is 14.7. The van der Waals surface area contributed by atoms with Gasteiger partial charge >= 0.3 is 0 Å². The Bertz CT molecular complexity index is 460. The van der Waals surface area contributed by atoms with Crippen molar-refractivity contribution in [2.24, 2.45) is 0 Å². The number of hydrogen-bond donors (Lipinski definition) is 0. The number of aryl methyl sites for hydroxylation is 1. The van der Waals surface area contributed by atoms with E-state index in [1.165, 1.54) is 23.5 Å². The number of aromatic nitrogens is 3. The van der Waals surface area contributed by atoms with Crippen molar-refractivity contribution >= 4 is 34.9 Å². The molecule has 0 saturated carbocycles. The maximum atomic E-state index is 3.98. The molecule has 0 fully saturated rings. The van der Waals surface area contributed by atoms with E-state index in [-0.39, 0.29) is 0 Å². The van der Waals surface area contributed by atoms with E-state index in [9.17, 15) is 0 Å². The smallest absolute Gasteiger partial charge is 0.174 e. The maximum absolute atomic E-state index is 3.98. The first-order chi connectivity index (χ1) is 9.76. The predicted molar refractivity (Wildman–Crippen MR) is 90.9 cm³/mol. The first-order valence-electron chi connectivity index (χ1n) is 6.72. The summed E-state index contributed by atoms with van der Waals surface area (Å²) in [6.07, 6.45) is 6.09. The molecular weight excluding hydrogens is 306 g/mol. The van der Waals surface area contributed by atoms with Crippen molar-refractivity contribution in [3.05, 3.63) is 29.5 Å². The van der Waals surface area contributed by atoms with Crippen LogP contribution >= 0.6 is 34.9 Å². The first-order valence-corrected chi connectivity index (χ1v) is 9.50. The van der Waals surface area contributed by atoms with Crippen LogP contribution in [-0.2, 0) is 0 Å². The van der Waals surface area contributed by atoms with E-state index in [1.54, 1.807) is 23.1 Å². The van der Waals surface area contributed by atoms with Gasteiger partial charge in [-0.3, -0.25) is 4.98 Å². The number of pyridine rings is 1. The summed E-state index contributed by atoms with van der Waals surface area (Å²) in [5.41, 5.74) is 0. The minimum absolute atomic E-state index is 1.05. The molecule has 0 spiro atoms. The van der Waals surface area contributed by atoms with Crippen molar-refractivity contribution in [3.8, 4) is 0 Å². The van der Waals surface area contributed by atoms with Gasteiger partial charge in [-0.05, 0) is 37.7 Å². The Balaban J connectivity index is 0.000000200. The zero-order valence-electron chi connectivity index (χ0n) is 12.2. The second-order valence-corrected chi connectivity index (χ2v) is 7.66. The molecular formula is C14H21N3S3. The highest BCUT2D eigenvalue weighted by Gasteiger charge is 1.98. The van der Waals surface area contributed by atoms with Crippen molar-refractivity contribution in [1.29, 1.82) is 0 Å². The highest BCUT2D eigenvalue weighted by Crippen LogP contribution is 2.21. The van der Waals surface area contributed by atoms with Crippen LogP contribution in [0.5, 0.6) is 0 Å². The number of rotatable bonds is 6. The summed E-state index contributed by atoms with van der Waals surface area (Å²) in [6.45, 7) is 6.34. The normalized spacial score (nSPS) is 9.95. The molecule has 2 rings (SSSR count). The fraction of sp³-hybridized carbons (Fsp3) is 0.500. The largest absolute Gasteiger partial charge is 0.265 e. The van der Waals surface area contributed by atoms with Gasteiger partial charge < -0.3 is 0 Å². The van der Waals surface area contributed by atoms with Crippen LogP contribution in [0, 0.1) is 6.92 Å². The highest BCUT2D eigenvalue weighted by molar-refractivity contribution is 8.01. The molecule has 0 bridgehead atoms. The van der Waals surface area contributed by atoms with Gasteiger partial charge in [0.05, 0.1) is 0 Å². The standard InChI is InChI=1S/C8H11NS.C6H10N2S2/c1-2-7-10-8-3-5-9-6-4-8;1-3-4-9-6-8-7-5(2)10-6/h3-6H,2,7H2,1H3;3-4H2,1-2H3. The Labute approximate surface area is 134 Å². The first kappa shape index (κ1) is 17.5. The van der Waals surface area contributed by atoms with E-state index in [0.717, 1.165) is 15.1 Å². The van der Waals surface area contributed by atoms with E-state index >= 15 is 0 Å². The molecule has 0 N–H and O–H groups in total. The second kappa shape index (κ2) is 11.1. The van der Waals surface area contributed by atoms with Crippen LogP contribution in [0.4, 0.5) is 0 Å². The molecule has 2 heterocycles. The molecule has 0 aliphatic heterocycles. The molecule has 0 aliphatic carbocycles. The second-order valence-electron chi connectivity index (χ2n) is 3.97. The minimum Gasteiger partial charge on any atom is -0.265 e. The lowest BCUT2D eigenvalue weighted by Gasteiger charge is -1.95. The molecule has 20 heavy (non-hydrogen) atoms. The van der Waals surface area contributed by atoms with E-state index in [1.807, 2.05) is 43.2 Å². The van der Waals surface area contributed by atoms with Gasteiger partial charge in [0.15, 0.2) is 4.34 Å². The van der Waals surface area contributed by atoms with Gasteiger partial charge in [0.1, 0.15) is 5.01 Å².